The Kier molecular flexibility index (Phi) is 6.33. The van der Waals surface area contributed by atoms with Gasteiger partial charge in [0.1, 0.15) is 23.9 Å². The molecule has 4 heteroatoms. The topological polar surface area (TPSA) is 47.6 Å². The molecule has 3 aromatic rings. The fourth-order valence-corrected chi connectivity index (χ4v) is 2.74. The summed E-state index contributed by atoms with van der Waals surface area (Å²) >= 11 is 0. The minimum absolute atomic E-state index is 0.0836. The van der Waals surface area contributed by atoms with Gasteiger partial charge in [0.25, 0.3) is 0 Å². The van der Waals surface area contributed by atoms with E-state index >= 15 is 0 Å². The molecular formula is C24H25NO3. The van der Waals surface area contributed by atoms with Crippen molar-refractivity contribution in [3.8, 4) is 17.2 Å². The van der Waals surface area contributed by atoms with Crippen molar-refractivity contribution in [2.45, 2.75) is 33.3 Å². The van der Waals surface area contributed by atoms with E-state index in [9.17, 15) is 4.79 Å². The molecule has 0 aliphatic rings. The molecule has 4 nitrogen and oxygen atoms in total. The number of amides is 1. The Morgan fingerprint density at radius 1 is 0.893 bits per heavy atom. The molecule has 3 rings (SSSR count). The van der Waals surface area contributed by atoms with Gasteiger partial charge in [0.05, 0.1) is 0 Å². The smallest absolute Gasteiger partial charge is 0.221 e. The quantitative estimate of drug-likeness (QED) is 0.539. The summed E-state index contributed by atoms with van der Waals surface area (Å²) in [6.07, 6.45) is 0. The molecule has 0 heterocycles. The zero-order valence-electron chi connectivity index (χ0n) is 16.4. The first-order chi connectivity index (χ1) is 13.5. The van der Waals surface area contributed by atoms with Crippen LogP contribution >= 0.6 is 0 Å². The van der Waals surface area contributed by atoms with Gasteiger partial charge in [-0.2, -0.15) is 0 Å². The van der Waals surface area contributed by atoms with Crippen molar-refractivity contribution in [3.05, 3.63) is 83.9 Å². The summed E-state index contributed by atoms with van der Waals surface area (Å²) in [4.78, 5) is 11.1. The zero-order chi connectivity index (χ0) is 19.9. The van der Waals surface area contributed by atoms with E-state index in [1.54, 1.807) is 0 Å². The first kappa shape index (κ1) is 19.5. The first-order valence-electron chi connectivity index (χ1n) is 9.37. The number of anilines is 1. The van der Waals surface area contributed by atoms with Crippen LogP contribution in [0.2, 0.25) is 0 Å². The van der Waals surface area contributed by atoms with Crippen molar-refractivity contribution in [2.24, 2.45) is 0 Å². The Morgan fingerprint density at radius 3 is 2.21 bits per heavy atom. The van der Waals surface area contributed by atoms with E-state index in [1.807, 2.05) is 60.7 Å². The maximum absolute atomic E-state index is 11.1. The Balaban J connectivity index is 1.59. The largest absolute Gasteiger partial charge is 0.489 e. The highest BCUT2D eigenvalue weighted by molar-refractivity contribution is 5.88. The van der Waals surface area contributed by atoms with Crippen LogP contribution in [0.25, 0.3) is 0 Å². The van der Waals surface area contributed by atoms with E-state index in [4.69, 9.17) is 9.47 Å². The summed E-state index contributed by atoms with van der Waals surface area (Å²) < 4.78 is 11.8. The molecule has 0 radical (unpaired) electrons. The number of hydrogen-bond acceptors (Lipinski definition) is 3. The highest BCUT2D eigenvalue weighted by Gasteiger charge is 2.03. The molecular weight excluding hydrogens is 350 g/mol. The summed E-state index contributed by atoms with van der Waals surface area (Å²) in [5, 5.41) is 2.75. The molecule has 0 fully saturated rings. The molecule has 28 heavy (non-hydrogen) atoms. The van der Waals surface area contributed by atoms with Gasteiger partial charge in [0, 0.05) is 18.7 Å². The minimum Gasteiger partial charge on any atom is -0.489 e. The fraction of sp³-hybridized carbons (Fsp3) is 0.208. The molecule has 0 saturated carbocycles. The monoisotopic (exact) mass is 375 g/mol. The van der Waals surface area contributed by atoms with E-state index in [-0.39, 0.29) is 5.91 Å². The van der Waals surface area contributed by atoms with Gasteiger partial charge < -0.3 is 14.8 Å². The lowest BCUT2D eigenvalue weighted by molar-refractivity contribution is -0.114. The van der Waals surface area contributed by atoms with Gasteiger partial charge in [0.15, 0.2) is 0 Å². The van der Waals surface area contributed by atoms with Gasteiger partial charge in [-0.25, -0.2) is 0 Å². The molecule has 1 N–H and O–H groups in total. The minimum atomic E-state index is -0.0836. The second-order valence-electron chi connectivity index (χ2n) is 6.97. The Bertz CT molecular complexity index is 915. The van der Waals surface area contributed by atoms with Crippen molar-refractivity contribution >= 4 is 11.6 Å². The van der Waals surface area contributed by atoms with Gasteiger partial charge in [-0.1, -0.05) is 44.2 Å². The summed E-state index contributed by atoms with van der Waals surface area (Å²) in [5.74, 6) is 2.69. The molecule has 0 aliphatic carbocycles. The summed E-state index contributed by atoms with van der Waals surface area (Å²) in [7, 11) is 0. The zero-order valence-corrected chi connectivity index (χ0v) is 16.4. The lowest BCUT2D eigenvalue weighted by atomic mass is 10.0. The third kappa shape index (κ3) is 5.61. The Hall–Kier alpha value is -3.27. The van der Waals surface area contributed by atoms with E-state index < -0.39 is 0 Å². The molecule has 0 bridgehead atoms. The molecule has 0 atom stereocenters. The average molecular weight is 375 g/mol. The first-order valence-corrected chi connectivity index (χ1v) is 9.37. The number of carbonyl (C=O) groups is 1. The standard InChI is InChI=1S/C24H25NO3/c1-17(2)20-9-13-22(14-10-20)28-24-6-4-5-23(15-24)27-16-19-7-11-21(12-8-19)25-18(3)26/h4-15,17H,16H2,1-3H3,(H,25,26). The van der Waals surface area contributed by atoms with Gasteiger partial charge in [-0.3, -0.25) is 4.79 Å². The van der Waals surface area contributed by atoms with Crippen LogP contribution in [-0.2, 0) is 11.4 Å². The van der Waals surface area contributed by atoms with Crippen molar-refractivity contribution < 1.29 is 14.3 Å². The Labute approximate surface area is 166 Å². The maximum Gasteiger partial charge on any atom is 0.221 e. The summed E-state index contributed by atoms with van der Waals surface area (Å²) in [5.41, 5.74) is 3.08. The molecule has 0 aliphatic heterocycles. The van der Waals surface area contributed by atoms with Crippen LogP contribution in [0.1, 0.15) is 37.8 Å². The predicted octanol–water partition coefficient (Wildman–Crippen LogP) is 6.14. The molecule has 144 valence electrons. The normalized spacial score (nSPS) is 10.6. The predicted molar refractivity (Wildman–Crippen MR) is 112 cm³/mol. The van der Waals surface area contributed by atoms with Crippen LogP contribution < -0.4 is 14.8 Å². The van der Waals surface area contributed by atoms with Gasteiger partial charge in [-0.15, -0.1) is 0 Å². The average Bonchev–Trinajstić information content (AvgIpc) is 2.68. The highest BCUT2D eigenvalue weighted by atomic mass is 16.5. The lowest BCUT2D eigenvalue weighted by Crippen LogP contribution is -2.05. The van der Waals surface area contributed by atoms with Crippen LogP contribution in [0.4, 0.5) is 5.69 Å². The molecule has 0 saturated heterocycles. The third-order valence-electron chi connectivity index (χ3n) is 4.27. The van der Waals surface area contributed by atoms with Crippen LogP contribution in [0.15, 0.2) is 72.8 Å². The van der Waals surface area contributed by atoms with Crippen LogP contribution in [-0.4, -0.2) is 5.91 Å². The maximum atomic E-state index is 11.1. The molecule has 0 aromatic heterocycles. The number of rotatable bonds is 7. The van der Waals surface area contributed by atoms with Crippen LogP contribution in [0.3, 0.4) is 0 Å². The summed E-state index contributed by atoms with van der Waals surface area (Å²) in [6, 6.07) is 23.3. The second kappa shape index (κ2) is 9.09. The van der Waals surface area contributed by atoms with E-state index in [0.717, 1.165) is 28.5 Å². The molecule has 0 unspecified atom stereocenters. The third-order valence-corrected chi connectivity index (χ3v) is 4.27. The van der Waals surface area contributed by atoms with Gasteiger partial charge in [-0.05, 0) is 53.4 Å². The van der Waals surface area contributed by atoms with Crippen molar-refractivity contribution in [1.82, 2.24) is 0 Å². The summed E-state index contributed by atoms with van der Waals surface area (Å²) in [6.45, 7) is 6.27. The van der Waals surface area contributed by atoms with E-state index in [1.165, 1.54) is 12.5 Å². The number of hydrogen-bond donors (Lipinski definition) is 1. The molecule has 0 spiro atoms. The highest BCUT2D eigenvalue weighted by Crippen LogP contribution is 2.27. The van der Waals surface area contributed by atoms with Crippen molar-refractivity contribution in [2.75, 3.05) is 5.32 Å². The number of nitrogens with one attached hydrogen (secondary N) is 1. The van der Waals surface area contributed by atoms with Crippen molar-refractivity contribution in [3.63, 3.8) is 0 Å². The Morgan fingerprint density at radius 2 is 1.57 bits per heavy atom. The van der Waals surface area contributed by atoms with Crippen LogP contribution in [0.5, 0.6) is 17.2 Å². The lowest BCUT2D eigenvalue weighted by Gasteiger charge is -2.11. The molecule has 1 amide bonds. The SMILES string of the molecule is CC(=O)Nc1ccc(COc2cccc(Oc3ccc(C(C)C)cc3)c2)cc1. The van der Waals surface area contributed by atoms with E-state index in [2.05, 4.69) is 31.3 Å². The number of ether oxygens (including phenoxy) is 2. The number of carbonyl (C=O) groups excluding carboxylic acids is 1. The molecule has 3 aromatic carbocycles. The second-order valence-corrected chi connectivity index (χ2v) is 6.97. The number of benzene rings is 3. The van der Waals surface area contributed by atoms with E-state index in [0.29, 0.717) is 12.5 Å². The van der Waals surface area contributed by atoms with Crippen LogP contribution in [0, 0.1) is 0 Å². The van der Waals surface area contributed by atoms with Gasteiger partial charge >= 0.3 is 0 Å². The van der Waals surface area contributed by atoms with Gasteiger partial charge in [0.2, 0.25) is 5.91 Å². The van der Waals surface area contributed by atoms with Crippen molar-refractivity contribution in [1.29, 1.82) is 0 Å². The fourth-order valence-electron chi connectivity index (χ4n) is 2.74.